The van der Waals surface area contributed by atoms with Gasteiger partial charge in [0.05, 0.1) is 30.3 Å². The normalized spacial score (nSPS) is 10.8. The first-order chi connectivity index (χ1) is 12.5. The molecule has 136 valence electrons. The molecule has 0 saturated carbocycles. The molecular formula is C19H22N4O3. The zero-order valence-corrected chi connectivity index (χ0v) is 15.4. The van der Waals surface area contributed by atoms with Crippen molar-refractivity contribution in [3.8, 4) is 11.5 Å². The molecule has 0 aliphatic rings. The molecule has 3 rings (SSSR count). The number of pyridine rings is 1. The van der Waals surface area contributed by atoms with Gasteiger partial charge >= 0.3 is 0 Å². The van der Waals surface area contributed by atoms with Crippen LogP contribution < -0.4 is 14.8 Å². The van der Waals surface area contributed by atoms with Crippen molar-refractivity contribution in [2.45, 2.75) is 13.8 Å². The van der Waals surface area contributed by atoms with Crippen molar-refractivity contribution in [2.24, 2.45) is 7.05 Å². The molecule has 0 spiro atoms. The van der Waals surface area contributed by atoms with Gasteiger partial charge in [0.2, 0.25) is 0 Å². The molecule has 1 amide bonds. The van der Waals surface area contributed by atoms with Crippen molar-refractivity contribution in [3.05, 3.63) is 47.3 Å². The Balaban J connectivity index is 1.64. The third kappa shape index (κ3) is 3.61. The SMILES string of the molecule is COc1ccc(OCCNC(=O)c2cc(C)nc3c2c(C)nn3C)cc1. The molecule has 0 bridgehead atoms. The minimum absolute atomic E-state index is 0.157. The van der Waals surface area contributed by atoms with Crippen LogP contribution in [0.4, 0.5) is 0 Å². The molecule has 0 radical (unpaired) electrons. The maximum atomic E-state index is 12.6. The minimum Gasteiger partial charge on any atom is -0.497 e. The zero-order valence-electron chi connectivity index (χ0n) is 15.4. The van der Waals surface area contributed by atoms with Gasteiger partial charge in [0.1, 0.15) is 18.1 Å². The van der Waals surface area contributed by atoms with E-state index >= 15 is 0 Å². The van der Waals surface area contributed by atoms with E-state index in [1.54, 1.807) is 17.9 Å². The fraction of sp³-hybridized carbons (Fsp3) is 0.316. The van der Waals surface area contributed by atoms with Crippen LogP contribution in [0, 0.1) is 13.8 Å². The number of carbonyl (C=O) groups excluding carboxylic acids is 1. The molecule has 0 aliphatic heterocycles. The summed E-state index contributed by atoms with van der Waals surface area (Å²) in [6.07, 6.45) is 0. The van der Waals surface area contributed by atoms with E-state index in [1.807, 2.05) is 45.2 Å². The number of hydrogen-bond donors (Lipinski definition) is 1. The lowest BCUT2D eigenvalue weighted by Gasteiger charge is -2.09. The molecule has 2 heterocycles. The van der Waals surface area contributed by atoms with Gasteiger partial charge in [-0.05, 0) is 44.2 Å². The van der Waals surface area contributed by atoms with Crippen LogP contribution in [-0.2, 0) is 7.05 Å². The van der Waals surface area contributed by atoms with Crippen molar-refractivity contribution in [2.75, 3.05) is 20.3 Å². The predicted octanol–water partition coefficient (Wildman–Crippen LogP) is 2.40. The maximum Gasteiger partial charge on any atom is 0.252 e. The summed E-state index contributed by atoms with van der Waals surface area (Å²) in [5.41, 5.74) is 2.86. The lowest BCUT2D eigenvalue weighted by atomic mass is 10.1. The Kier molecular flexibility index (Phi) is 5.06. The molecular weight excluding hydrogens is 332 g/mol. The minimum atomic E-state index is -0.157. The number of fused-ring (bicyclic) bond motifs is 1. The summed E-state index contributed by atoms with van der Waals surface area (Å²) in [5, 5.41) is 8.04. The van der Waals surface area contributed by atoms with Gasteiger partial charge in [0.25, 0.3) is 5.91 Å². The molecule has 26 heavy (non-hydrogen) atoms. The van der Waals surface area contributed by atoms with Crippen molar-refractivity contribution in [1.29, 1.82) is 0 Å². The Labute approximate surface area is 151 Å². The molecule has 1 N–H and O–H groups in total. The van der Waals surface area contributed by atoms with Crippen LogP contribution in [-0.4, -0.2) is 40.9 Å². The smallest absolute Gasteiger partial charge is 0.252 e. The van der Waals surface area contributed by atoms with Crippen molar-refractivity contribution >= 4 is 16.9 Å². The largest absolute Gasteiger partial charge is 0.497 e. The lowest BCUT2D eigenvalue weighted by molar-refractivity contribution is 0.0948. The number of rotatable bonds is 6. The number of nitrogens with zero attached hydrogens (tertiary/aromatic N) is 3. The van der Waals surface area contributed by atoms with Crippen LogP contribution in [0.15, 0.2) is 30.3 Å². The highest BCUT2D eigenvalue weighted by molar-refractivity contribution is 6.06. The molecule has 0 aliphatic carbocycles. The highest BCUT2D eigenvalue weighted by Crippen LogP contribution is 2.21. The average Bonchev–Trinajstić information content (AvgIpc) is 2.92. The summed E-state index contributed by atoms with van der Waals surface area (Å²) in [6, 6.07) is 9.10. The monoisotopic (exact) mass is 354 g/mol. The molecule has 0 atom stereocenters. The number of ether oxygens (including phenoxy) is 2. The van der Waals surface area contributed by atoms with E-state index in [4.69, 9.17) is 9.47 Å². The van der Waals surface area contributed by atoms with E-state index in [9.17, 15) is 4.79 Å². The molecule has 0 fully saturated rings. The number of nitrogens with one attached hydrogen (secondary N) is 1. The van der Waals surface area contributed by atoms with E-state index in [0.717, 1.165) is 28.3 Å². The first-order valence-corrected chi connectivity index (χ1v) is 8.35. The highest BCUT2D eigenvalue weighted by Gasteiger charge is 2.17. The topological polar surface area (TPSA) is 78.3 Å². The van der Waals surface area contributed by atoms with Crippen LogP contribution in [0.5, 0.6) is 11.5 Å². The number of carbonyl (C=O) groups is 1. The van der Waals surface area contributed by atoms with Crippen LogP contribution in [0.1, 0.15) is 21.7 Å². The highest BCUT2D eigenvalue weighted by atomic mass is 16.5. The Morgan fingerprint density at radius 1 is 1.19 bits per heavy atom. The zero-order chi connectivity index (χ0) is 18.7. The third-order valence-corrected chi connectivity index (χ3v) is 4.06. The molecule has 3 aromatic rings. The third-order valence-electron chi connectivity index (χ3n) is 4.06. The maximum absolute atomic E-state index is 12.6. The first-order valence-electron chi connectivity index (χ1n) is 8.35. The van der Waals surface area contributed by atoms with E-state index in [2.05, 4.69) is 15.4 Å². The molecule has 7 heteroatoms. The van der Waals surface area contributed by atoms with Gasteiger partial charge in [-0.3, -0.25) is 9.48 Å². The molecule has 1 aromatic carbocycles. The summed E-state index contributed by atoms with van der Waals surface area (Å²) in [4.78, 5) is 17.1. The Morgan fingerprint density at radius 2 is 1.88 bits per heavy atom. The molecule has 2 aromatic heterocycles. The number of amides is 1. The van der Waals surface area contributed by atoms with Gasteiger partial charge in [0.15, 0.2) is 5.65 Å². The second kappa shape index (κ2) is 7.43. The van der Waals surface area contributed by atoms with Gasteiger partial charge in [-0.2, -0.15) is 5.10 Å². The second-order valence-electron chi connectivity index (χ2n) is 6.00. The summed E-state index contributed by atoms with van der Waals surface area (Å²) in [6.45, 7) is 4.51. The standard InChI is InChI=1S/C19H22N4O3/c1-12-11-16(17-13(2)22-23(3)18(17)21-12)19(24)20-9-10-26-15-7-5-14(25-4)6-8-15/h5-8,11H,9-10H2,1-4H3,(H,20,24). The summed E-state index contributed by atoms with van der Waals surface area (Å²) in [5.74, 6) is 1.34. The number of benzene rings is 1. The predicted molar refractivity (Wildman–Crippen MR) is 98.8 cm³/mol. The summed E-state index contributed by atoms with van der Waals surface area (Å²) < 4.78 is 12.4. The second-order valence-corrected chi connectivity index (χ2v) is 6.00. The number of aromatic nitrogens is 3. The lowest BCUT2D eigenvalue weighted by Crippen LogP contribution is -2.28. The Hall–Kier alpha value is -3.09. The quantitative estimate of drug-likeness (QED) is 0.688. The van der Waals surface area contributed by atoms with Gasteiger partial charge in [0, 0.05) is 12.7 Å². The van der Waals surface area contributed by atoms with E-state index in [-0.39, 0.29) is 5.91 Å². The van der Waals surface area contributed by atoms with E-state index in [1.165, 1.54) is 0 Å². The van der Waals surface area contributed by atoms with E-state index < -0.39 is 0 Å². The van der Waals surface area contributed by atoms with E-state index in [0.29, 0.717) is 24.4 Å². The number of methoxy groups -OCH3 is 1. The number of aryl methyl sites for hydroxylation is 3. The summed E-state index contributed by atoms with van der Waals surface area (Å²) >= 11 is 0. The van der Waals surface area contributed by atoms with Crippen molar-refractivity contribution < 1.29 is 14.3 Å². The number of hydrogen-bond acceptors (Lipinski definition) is 5. The first kappa shape index (κ1) is 17.7. The van der Waals surface area contributed by atoms with Gasteiger partial charge in [-0.1, -0.05) is 0 Å². The molecule has 7 nitrogen and oxygen atoms in total. The van der Waals surface area contributed by atoms with Crippen molar-refractivity contribution in [3.63, 3.8) is 0 Å². The fourth-order valence-electron chi connectivity index (χ4n) is 2.85. The van der Waals surface area contributed by atoms with Crippen LogP contribution >= 0.6 is 0 Å². The molecule has 0 unspecified atom stereocenters. The van der Waals surface area contributed by atoms with Gasteiger partial charge < -0.3 is 14.8 Å². The van der Waals surface area contributed by atoms with Crippen LogP contribution in [0.3, 0.4) is 0 Å². The van der Waals surface area contributed by atoms with Gasteiger partial charge in [-0.25, -0.2) is 4.98 Å². The van der Waals surface area contributed by atoms with Crippen molar-refractivity contribution in [1.82, 2.24) is 20.1 Å². The Bertz CT molecular complexity index is 932. The Morgan fingerprint density at radius 3 is 2.58 bits per heavy atom. The molecule has 0 saturated heterocycles. The van der Waals surface area contributed by atoms with Crippen LogP contribution in [0.2, 0.25) is 0 Å². The summed E-state index contributed by atoms with van der Waals surface area (Å²) in [7, 11) is 3.44. The van der Waals surface area contributed by atoms with Crippen LogP contribution in [0.25, 0.3) is 11.0 Å². The fourth-order valence-corrected chi connectivity index (χ4v) is 2.85. The average molecular weight is 354 g/mol. The van der Waals surface area contributed by atoms with Gasteiger partial charge in [-0.15, -0.1) is 0 Å².